The summed E-state index contributed by atoms with van der Waals surface area (Å²) in [6.07, 6.45) is -1.95. The second-order valence-corrected chi connectivity index (χ2v) is 20.2. The monoisotopic (exact) mass is 1040 g/mol. The number of fused-ring (bicyclic) bond motifs is 2. The highest BCUT2D eigenvalue weighted by Crippen LogP contribution is 2.46. The third-order valence-electron chi connectivity index (χ3n) is 12.0. The van der Waals surface area contributed by atoms with E-state index in [1.807, 2.05) is 0 Å². The van der Waals surface area contributed by atoms with Gasteiger partial charge in [-0.2, -0.15) is 26.3 Å². The van der Waals surface area contributed by atoms with Gasteiger partial charge in [0.15, 0.2) is 0 Å². The zero-order chi connectivity index (χ0) is 50.7. The van der Waals surface area contributed by atoms with Crippen molar-refractivity contribution in [2.24, 2.45) is 0 Å². The molecule has 0 bridgehead atoms. The van der Waals surface area contributed by atoms with E-state index in [-0.39, 0.29) is 70.4 Å². The quantitative estimate of drug-likeness (QED) is 0.110. The molecule has 0 spiro atoms. The van der Waals surface area contributed by atoms with E-state index in [1.54, 1.807) is 24.3 Å². The lowest BCUT2D eigenvalue weighted by molar-refractivity contribution is -0.138. The standard InChI is InChI=1S/2C24H22F3N3O5S/c2*25-24(26,27)15-2-4-20(22(12-15)35-16-6-10-33-14-16)18-7-11-34-21-13-17(3-5-19(18)21)36(31,32)30-23-28-8-1-9-29-23/h2*1-5,8-9,12-13,16,18H,6-7,10-11,14H2,(H,28,29,30)/t16-,18+;16-,18-/m11/s1. The second-order valence-electron chi connectivity index (χ2n) is 16.8. The van der Waals surface area contributed by atoms with Crippen molar-refractivity contribution in [2.45, 2.75) is 71.9 Å². The molecule has 4 aliphatic heterocycles. The van der Waals surface area contributed by atoms with Gasteiger partial charge in [-0.05, 0) is 61.4 Å². The molecule has 0 saturated carbocycles. The van der Waals surface area contributed by atoms with Crippen LogP contribution in [0.1, 0.15) is 70.9 Å². The summed E-state index contributed by atoms with van der Waals surface area (Å²) in [4.78, 5) is 15.4. The number of alkyl halides is 6. The minimum Gasteiger partial charge on any atom is -0.493 e. The molecule has 2 aromatic heterocycles. The number of nitrogens with zero attached hydrogens (tertiary/aromatic N) is 4. The van der Waals surface area contributed by atoms with Crippen molar-refractivity contribution < 1.29 is 71.6 Å². The Morgan fingerprint density at radius 3 is 1.25 bits per heavy atom. The van der Waals surface area contributed by atoms with E-state index in [4.69, 9.17) is 28.4 Å². The lowest BCUT2D eigenvalue weighted by atomic mass is 9.85. The van der Waals surface area contributed by atoms with Crippen LogP contribution in [0.5, 0.6) is 23.0 Å². The summed E-state index contributed by atoms with van der Waals surface area (Å²) in [5, 5.41) is 0. The van der Waals surface area contributed by atoms with E-state index >= 15 is 0 Å². The summed E-state index contributed by atoms with van der Waals surface area (Å²) in [6, 6.07) is 18.9. The molecule has 4 atom stereocenters. The molecule has 24 heteroatoms. The van der Waals surface area contributed by atoms with Crippen molar-refractivity contribution in [1.82, 2.24) is 19.9 Å². The summed E-state index contributed by atoms with van der Waals surface area (Å²) >= 11 is 0. The molecular formula is C48H44F6N6O10S2. The van der Waals surface area contributed by atoms with Crippen LogP contribution in [-0.4, -0.2) is 88.6 Å². The van der Waals surface area contributed by atoms with Crippen molar-refractivity contribution in [3.05, 3.63) is 143 Å². The van der Waals surface area contributed by atoms with Gasteiger partial charge in [-0.25, -0.2) is 46.2 Å². The van der Waals surface area contributed by atoms with Gasteiger partial charge in [-0.3, -0.25) is 0 Å². The zero-order valence-electron chi connectivity index (χ0n) is 37.7. The van der Waals surface area contributed by atoms with E-state index < -0.39 is 43.5 Å². The topological polar surface area (TPSA) is 199 Å². The number of ether oxygens (including phenoxy) is 6. The van der Waals surface area contributed by atoms with Gasteiger partial charge in [0.05, 0.1) is 60.6 Å². The van der Waals surface area contributed by atoms with Gasteiger partial charge in [-0.15, -0.1) is 0 Å². The number of hydrogen-bond acceptors (Lipinski definition) is 14. The van der Waals surface area contributed by atoms with Crippen LogP contribution in [0.25, 0.3) is 0 Å². The SMILES string of the molecule is O=S(=O)(Nc1ncccn1)c1ccc2c(c1)OCC[C@@H]2c1ccc(C(F)(F)F)cc1O[C@@H]1CCOC1.O=S(=O)(Nc1ncccn1)c1ccc2c(c1)OCC[C@H]2c1ccc(C(F)(F)F)cc1O[C@@H]1CCOC1. The molecule has 16 nitrogen and oxygen atoms in total. The highest BCUT2D eigenvalue weighted by Gasteiger charge is 2.37. The Labute approximate surface area is 409 Å². The molecule has 4 aromatic carbocycles. The van der Waals surface area contributed by atoms with Gasteiger partial charge in [0.1, 0.15) is 35.2 Å². The Hall–Kier alpha value is -6.76. The van der Waals surface area contributed by atoms with Gasteiger partial charge >= 0.3 is 12.4 Å². The largest absolute Gasteiger partial charge is 0.493 e. The number of nitrogens with one attached hydrogen (secondary N) is 2. The third kappa shape index (κ3) is 11.6. The number of anilines is 2. The van der Waals surface area contributed by atoms with Gasteiger partial charge in [0.25, 0.3) is 20.0 Å². The maximum absolute atomic E-state index is 13.4. The Balaban J connectivity index is 0.000000178. The van der Waals surface area contributed by atoms with Crippen LogP contribution in [-0.2, 0) is 41.9 Å². The Kier molecular flexibility index (Phi) is 14.5. The molecule has 72 heavy (non-hydrogen) atoms. The van der Waals surface area contributed by atoms with Crippen LogP contribution in [0.4, 0.5) is 38.2 Å². The summed E-state index contributed by atoms with van der Waals surface area (Å²) in [5.74, 6) is 0.0887. The minimum atomic E-state index is -4.52. The fourth-order valence-corrected chi connectivity index (χ4v) is 10.5. The minimum absolute atomic E-state index is 0.0543. The van der Waals surface area contributed by atoms with E-state index in [1.165, 1.54) is 61.2 Å². The lowest BCUT2D eigenvalue weighted by Crippen LogP contribution is -2.21. The van der Waals surface area contributed by atoms with Crippen molar-refractivity contribution in [3.63, 3.8) is 0 Å². The predicted octanol–water partition coefficient (Wildman–Crippen LogP) is 8.76. The molecular weight excluding hydrogens is 999 g/mol. The number of benzene rings is 4. The Morgan fingerprint density at radius 1 is 0.500 bits per heavy atom. The summed E-state index contributed by atoms with van der Waals surface area (Å²) in [7, 11) is -7.99. The molecule has 2 fully saturated rings. The zero-order valence-corrected chi connectivity index (χ0v) is 39.4. The summed E-state index contributed by atoms with van der Waals surface area (Å²) < 4.78 is 171. The van der Waals surface area contributed by atoms with Crippen molar-refractivity contribution in [1.29, 1.82) is 0 Å². The highest BCUT2D eigenvalue weighted by atomic mass is 32.2. The first-order valence-corrected chi connectivity index (χ1v) is 25.4. The van der Waals surface area contributed by atoms with Gasteiger partial charge < -0.3 is 28.4 Å². The average molecular weight is 1040 g/mol. The van der Waals surface area contributed by atoms with Gasteiger partial charge in [-0.1, -0.05) is 24.3 Å². The Morgan fingerprint density at radius 2 is 0.889 bits per heavy atom. The van der Waals surface area contributed by atoms with Crippen LogP contribution in [0.15, 0.2) is 120 Å². The molecule has 6 aromatic rings. The molecule has 4 aliphatic rings. The van der Waals surface area contributed by atoms with Crippen molar-refractivity contribution in [2.75, 3.05) is 49.1 Å². The van der Waals surface area contributed by atoms with Gasteiger partial charge in [0, 0.05) is 83.9 Å². The first-order chi connectivity index (χ1) is 34.4. The van der Waals surface area contributed by atoms with E-state index in [0.717, 1.165) is 24.3 Å². The van der Waals surface area contributed by atoms with Crippen LogP contribution >= 0.6 is 0 Å². The van der Waals surface area contributed by atoms with E-state index in [0.29, 0.717) is 85.9 Å². The summed E-state index contributed by atoms with van der Waals surface area (Å²) in [5.41, 5.74) is 0.856. The first kappa shape index (κ1) is 50.2. The number of hydrogen-bond donors (Lipinski definition) is 2. The molecule has 6 heterocycles. The maximum atomic E-state index is 13.4. The maximum Gasteiger partial charge on any atom is 0.416 e. The molecule has 2 N–H and O–H groups in total. The van der Waals surface area contributed by atoms with Crippen LogP contribution in [0.3, 0.4) is 0 Å². The summed E-state index contributed by atoms with van der Waals surface area (Å²) in [6.45, 7) is 2.09. The lowest BCUT2D eigenvalue weighted by Gasteiger charge is -2.29. The molecule has 0 radical (unpaired) electrons. The Bertz CT molecular complexity index is 2900. The molecule has 0 amide bonds. The van der Waals surface area contributed by atoms with Crippen LogP contribution in [0, 0.1) is 0 Å². The average Bonchev–Trinajstić information content (AvgIpc) is 4.09. The van der Waals surface area contributed by atoms with Gasteiger partial charge in [0.2, 0.25) is 11.9 Å². The number of halogens is 6. The predicted molar refractivity (Wildman–Crippen MR) is 245 cm³/mol. The normalized spacial score (nSPS) is 19.9. The number of rotatable bonds is 12. The van der Waals surface area contributed by atoms with Crippen molar-refractivity contribution in [3.8, 4) is 23.0 Å². The van der Waals surface area contributed by atoms with E-state index in [9.17, 15) is 43.2 Å². The number of sulfonamides is 2. The molecule has 10 rings (SSSR count). The first-order valence-electron chi connectivity index (χ1n) is 22.5. The smallest absolute Gasteiger partial charge is 0.416 e. The fraction of sp³-hybridized carbons (Fsp3) is 0.333. The molecule has 0 unspecified atom stereocenters. The fourth-order valence-electron chi connectivity index (χ4n) is 8.55. The van der Waals surface area contributed by atoms with Crippen LogP contribution < -0.4 is 28.4 Å². The van der Waals surface area contributed by atoms with Crippen molar-refractivity contribution >= 4 is 31.9 Å². The number of aromatic nitrogens is 4. The third-order valence-corrected chi connectivity index (χ3v) is 14.7. The molecule has 2 saturated heterocycles. The molecule has 380 valence electrons. The van der Waals surface area contributed by atoms with Crippen LogP contribution in [0.2, 0.25) is 0 Å². The molecule has 0 aliphatic carbocycles. The van der Waals surface area contributed by atoms with E-state index in [2.05, 4.69) is 29.4 Å². The highest BCUT2D eigenvalue weighted by molar-refractivity contribution is 7.93. The second kappa shape index (κ2) is 20.8.